The van der Waals surface area contributed by atoms with Gasteiger partial charge in [0.05, 0.1) is 5.69 Å². The minimum atomic E-state index is 0.661. The van der Waals surface area contributed by atoms with Crippen molar-refractivity contribution >= 4 is 23.1 Å². The normalized spacial score (nSPS) is 11.2. The molecule has 0 radical (unpaired) electrons. The fraction of sp³-hybridized carbons (Fsp3) is 0.400. The van der Waals surface area contributed by atoms with Crippen molar-refractivity contribution in [1.29, 1.82) is 0 Å². The van der Waals surface area contributed by atoms with Gasteiger partial charge in [0.15, 0.2) is 0 Å². The van der Waals surface area contributed by atoms with Gasteiger partial charge in [-0.3, -0.25) is 0 Å². The Hall–Kier alpha value is -0.840. The van der Waals surface area contributed by atoms with Gasteiger partial charge >= 0.3 is 0 Å². The lowest BCUT2D eigenvalue weighted by Gasteiger charge is -2.06. The van der Waals surface area contributed by atoms with Gasteiger partial charge in [0, 0.05) is 23.1 Å². The van der Waals surface area contributed by atoms with Gasteiger partial charge in [-0.05, 0) is 23.4 Å². The van der Waals surface area contributed by atoms with Crippen molar-refractivity contribution in [1.82, 2.24) is 4.98 Å². The summed E-state index contributed by atoms with van der Waals surface area (Å²) < 4.78 is 0. The van der Waals surface area contributed by atoms with E-state index in [4.69, 9.17) is 5.73 Å². The Bertz CT molecular complexity index is 520. The molecule has 1 aromatic heterocycles. The average molecular weight is 292 g/mol. The van der Waals surface area contributed by atoms with Gasteiger partial charge in [-0.1, -0.05) is 32.0 Å². The zero-order valence-electron chi connectivity index (χ0n) is 11.4. The predicted octanol–water partition coefficient (Wildman–Crippen LogP) is 3.95. The molecule has 0 amide bonds. The summed E-state index contributed by atoms with van der Waals surface area (Å²) in [4.78, 5) is 4.64. The Morgan fingerprint density at radius 3 is 2.95 bits per heavy atom. The molecule has 2 nitrogen and oxygen atoms in total. The van der Waals surface area contributed by atoms with Crippen LogP contribution in [0.2, 0.25) is 0 Å². The molecule has 0 fully saturated rings. The highest BCUT2D eigenvalue weighted by Gasteiger charge is 2.05. The summed E-state index contributed by atoms with van der Waals surface area (Å²) in [5, 5.41) is 3.87. The number of aromatic nitrogens is 1. The van der Waals surface area contributed by atoms with Crippen LogP contribution < -0.4 is 5.73 Å². The molecule has 1 heterocycles. The first-order valence-electron chi connectivity index (χ1n) is 6.54. The summed E-state index contributed by atoms with van der Waals surface area (Å²) in [6, 6.07) is 8.69. The van der Waals surface area contributed by atoms with Crippen molar-refractivity contribution < 1.29 is 0 Å². The molecule has 2 rings (SSSR count). The van der Waals surface area contributed by atoms with Crippen LogP contribution in [0, 0.1) is 0 Å². The SMILES string of the molecule is CC(C)SCc1cccc(-c2nc(CCN)cs2)c1. The van der Waals surface area contributed by atoms with E-state index in [1.807, 2.05) is 11.8 Å². The first-order valence-corrected chi connectivity index (χ1v) is 8.47. The number of nitrogens with zero attached hydrogens (tertiary/aromatic N) is 1. The Balaban J connectivity index is 2.12. The molecule has 0 saturated heterocycles. The summed E-state index contributed by atoms with van der Waals surface area (Å²) in [7, 11) is 0. The number of benzene rings is 1. The van der Waals surface area contributed by atoms with Gasteiger partial charge < -0.3 is 5.73 Å². The molecule has 19 heavy (non-hydrogen) atoms. The Labute approximate surface area is 123 Å². The fourth-order valence-corrected chi connectivity index (χ4v) is 3.32. The number of hydrogen-bond donors (Lipinski definition) is 1. The van der Waals surface area contributed by atoms with Gasteiger partial charge in [0.1, 0.15) is 5.01 Å². The summed E-state index contributed by atoms with van der Waals surface area (Å²) in [5.41, 5.74) is 9.25. The molecule has 2 aromatic rings. The number of rotatable bonds is 6. The van der Waals surface area contributed by atoms with E-state index in [1.54, 1.807) is 11.3 Å². The standard InChI is InChI=1S/C15H20N2S2/c1-11(2)18-9-12-4-3-5-13(8-12)15-17-14(6-7-16)10-19-15/h3-5,8,10-11H,6-7,9,16H2,1-2H3. The third-order valence-corrected chi connectivity index (χ3v) is 4.82. The van der Waals surface area contributed by atoms with E-state index in [1.165, 1.54) is 11.1 Å². The van der Waals surface area contributed by atoms with E-state index in [0.29, 0.717) is 11.8 Å². The number of hydrogen-bond acceptors (Lipinski definition) is 4. The van der Waals surface area contributed by atoms with E-state index >= 15 is 0 Å². The lowest BCUT2D eigenvalue weighted by Crippen LogP contribution is -2.02. The van der Waals surface area contributed by atoms with Crippen LogP contribution in [0.15, 0.2) is 29.6 Å². The molecule has 102 valence electrons. The zero-order chi connectivity index (χ0) is 13.7. The average Bonchev–Trinajstić information content (AvgIpc) is 2.86. The minimum Gasteiger partial charge on any atom is -0.330 e. The maximum atomic E-state index is 5.56. The Morgan fingerprint density at radius 1 is 1.37 bits per heavy atom. The molecule has 0 aliphatic carbocycles. The monoisotopic (exact) mass is 292 g/mol. The second-order valence-electron chi connectivity index (χ2n) is 4.74. The smallest absolute Gasteiger partial charge is 0.123 e. The number of thiazole rings is 1. The highest BCUT2D eigenvalue weighted by Crippen LogP contribution is 2.26. The predicted molar refractivity (Wildman–Crippen MR) is 86.7 cm³/mol. The summed E-state index contributed by atoms with van der Waals surface area (Å²) in [6.07, 6.45) is 0.861. The van der Waals surface area contributed by atoms with Crippen molar-refractivity contribution in [3.8, 4) is 10.6 Å². The van der Waals surface area contributed by atoms with Crippen molar-refractivity contribution in [2.45, 2.75) is 31.3 Å². The first-order chi connectivity index (χ1) is 9.19. The van der Waals surface area contributed by atoms with Gasteiger partial charge in [0.2, 0.25) is 0 Å². The molecule has 0 aliphatic rings. The molecule has 0 saturated carbocycles. The highest BCUT2D eigenvalue weighted by molar-refractivity contribution is 7.99. The molecule has 4 heteroatoms. The lowest BCUT2D eigenvalue weighted by molar-refractivity contribution is 0.936. The summed E-state index contributed by atoms with van der Waals surface area (Å²) in [6.45, 7) is 5.12. The molecule has 0 atom stereocenters. The second kappa shape index (κ2) is 7.08. The third kappa shape index (κ3) is 4.34. The number of nitrogens with two attached hydrogens (primary N) is 1. The maximum absolute atomic E-state index is 5.56. The fourth-order valence-electron chi connectivity index (χ4n) is 1.76. The van der Waals surface area contributed by atoms with Crippen molar-refractivity contribution in [2.75, 3.05) is 6.54 Å². The zero-order valence-corrected chi connectivity index (χ0v) is 13.1. The van der Waals surface area contributed by atoms with Crippen LogP contribution in [0.4, 0.5) is 0 Å². The lowest BCUT2D eigenvalue weighted by atomic mass is 10.1. The molecular weight excluding hydrogens is 272 g/mol. The van der Waals surface area contributed by atoms with Crippen LogP contribution in [0.1, 0.15) is 25.1 Å². The molecule has 0 spiro atoms. The molecular formula is C15H20N2S2. The van der Waals surface area contributed by atoms with Crippen LogP contribution >= 0.6 is 23.1 Å². The second-order valence-corrected chi connectivity index (χ2v) is 7.17. The van der Waals surface area contributed by atoms with E-state index in [9.17, 15) is 0 Å². The van der Waals surface area contributed by atoms with Crippen LogP contribution in [-0.2, 0) is 12.2 Å². The topological polar surface area (TPSA) is 38.9 Å². The summed E-state index contributed by atoms with van der Waals surface area (Å²) in [5.74, 6) is 1.06. The summed E-state index contributed by atoms with van der Waals surface area (Å²) >= 11 is 3.67. The van der Waals surface area contributed by atoms with Crippen molar-refractivity contribution in [3.63, 3.8) is 0 Å². The molecule has 2 N–H and O–H groups in total. The number of thioether (sulfide) groups is 1. The van der Waals surface area contributed by atoms with Crippen LogP contribution in [0.5, 0.6) is 0 Å². The van der Waals surface area contributed by atoms with Gasteiger partial charge in [-0.25, -0.2) is 4.98 Å². The Kier molecular flexibility index (Phi) is 5.43. The van der Waals surface area contributed by atoms with Gasteiger partial charge in [0.25, 0.3) is 0 Å². The first kappa shape index (κ1) is 14.6. The highest BCUT2D eigenvalue weighted by atomic mass is 32.2. The van der Waals surface area contributed by atoms with E-state index < -0.39 is 0 Å². The largest absolute Gasteiger partial charge is 0.330 e. The molecule has 0 bridgehead atoms. The quantitative estimate of drug-likeness (QED) is 0.876. The van der Waals surface area contributed by atoms with Crippen molar-refractivity contribution in [2.24, 2.45) is 5.73 Å². The van der Waals surface area contributed by atoms with Crippen LogP contribution in [-0.4, -0.2) is 16.8 Å². The van der Waals surface area contributed by atoms with E-state index in [2.05, 4.69) is 48.5 Å². The van der Waals surface area contributed by atoms with E-state index in [-0.39, 0.29) is 0 Å². The van der Waals surface area contributed by atoms with Gasteiger partial charge in [-0.15, -0.1) is 11.3 Å². The van der Waals surface area contributed by atoms with Crippen molar-refractivity contribution in [3.05, 3.63) is 40.9 Å². The third-order valence-electron chi connectivity index (χ3n) is 2.71. The Morgan fingerprint density at radius 2 is 2.21 bits per heavy atom. The molecule has 0 unspecified atom stereocenters. The van der Waals surface area contributed by atoms with Gasteiger partial charge in [-0.2, -0.15) is 11.8 Å². The molecule has 0 aliphatic heterocycles. The maximum Gasteiger partial charge on any atom is 0.123 e. The minimum absolute atomic E-state index is 0.661. The molecule has 1 aromatic carbocycles. The van der Waals surface area contributed by atoms with E-state index in [0.717, 1.165) is 22.9 Å². The van der Waals surface area contributed by atoms with Crippen LogP contribution in [0.25, 0.3) is 10.6 Å². The van der Waals surface area contributed by atoms with Crippen LogP contribution in [0.3, 0.4) is 0 Å².